The van der Waals surface area contributed by atoms with Crippen LogP contribution >= 0.6 is 0 Å². The quantitative estimate of drug-likeness (QED) is 0.847. The maximum absolute atomic E-state index is 12.2. The molecule has 0 aliphatic carbocycles. The minimum absolute atomic E-state index is 0.339. The van der Waals surface area contributed by atoms with Crippen LogP contribution in [0.4, 0.5) is 0 Å². The predicted molar refractivity (Wildman–Crippen MR) is 76.4 cm³/mol. The zero-order valence-corrected chi connectivity index (χ0v) is 12.2. The molecule has 2 heterocycles. The van der Waals surface area contributed by atoms with E-state index in [0.29, 0.717) is 24.0 Å². The summed E-state index contributed by atoms with van der Waals surface area (Å²) in [4.78, 5) is 0.339. The number of rotatable bonds is 5. The van der Waals surface area contributed by atoms with Crippen molar-refractivity contribution in [2.24, 2.45) is 5.92 Å². The van der Waals surface area contributed by atoms with Crippen LogP contribution < -0.4 is 14.8 Å². The van der Waals surface area contributed by atoms with Crippen molar-refractivity contribution in [3.8, 4) is 5.75 Å². The molecule has 3 rings (SSSR count). The summed E-state index contributed by atoms with van der Waals surface area (Å²) in [6.45, 7) is 3.18. The van der Waals surface area contributed by atoms with Crippen molar-refractivity contribution < 1.29 is 13.2 Å². The van der Waals surface area contributed by atoms with E-state index in [2.05, 4.69) is 10.0 Å². The van der Waals surface area contributed by atoms with Gasteiger partial charge in [-0.05, 0) is 55.6 Å². The number of sulfonamides is 1. The van der Waals surface area contributed by atoms with Crippen molar-refractivity contribution in [3.63, 3.8) is 0 Å². The molecule has 1 atom stereocenters. The normalized spacial score (nSPS) is 21.7. The maximum atomic E-state index is 12.2. The van der Waals surface area contributed by atoms with E-state index in [4.69, 9.17) is 4.74 Å². The molecule has 0 saturated carbocycles. The van der Waals surface area contributed by atoms with Crippen LogP contribution in [0, 0.1) is 5.92 Å². The van der Waals surface area contributed by atoms with Crippen molar-refractivity contribution in [2.45, 2.75) is 24.2 Å². The number of ether oxygens (including phenoxy) is 1. The molecule has 2 N–H and O–H groups in total. The Morgan fingerprint density at radius 1 is 1.40 bits per heavy atom. The minimum Gasteiger partial charge on any atom is -0.493 e. The Kier molecular flexibility index (Phi) is 3.96. The third-order valence-electron chi connectivity index (χ3n) is 3.98. The molecule has 20 heavy (non-hydrogen) atoms. The van der Waals surface area contributed by atoms with E-state index in [1.54, 1.807) is 18.2 Å². The fraction of sp³-hybridized carbons (Fsp3) is 0.571. The Bertz CT molecular complexity index is 580. The summed E-state index contributed by atoms with van der Waals surface area (Å²) in [6.07, 6.45) is 2.81. The third kappa shape index (κ3) is 2.97. The molecule has 110 valence electrons. The molecule has 5 nitrogen and oxygen atoms in total. The van der Waals surface area contributed by atoms with Crippen molar-refractivity contribution in [1.82, 2.24) is 10.0 Å². The first-order valence-corrected chi connectivity index (χ1v) is 8.59. The Labute approximate surface area is 119 Å². The summed E-state index contributed by atoms with van der Waals surface area (Å²) < 4.78 is 32.6. The number of nitrogens with one attached hydrogen (secondary N) is 2. The number of hydrogen-bond acceptors (Lipinski definition) is 4. The van der Waals surface area contributed by atoms with Gasteiger partial charge in [0.25, 0.3) is 0 Å². The topological polar surface area (TPSA) is 67.4 Å². The lowest BCUT2D eigenvalue weighted by molar-refractivity contribution is 0.356. The van der Waals surface area contributed by atoms with Gasteiger partial charge in [-0.15, -0.1) is 0 Å². The summed E-state index contributed by atoms with van der Waals surface area (Å²) in [5, 5.41) is 3.29. The van der Waals surface area contributed by atoms with Crippen molar-refractivity contribution >= 4 is 10.0 Å². The molecule has 1 saturated heterocycles. The fourth-order valence-electron chi connectivity index (χ4n) is 2.77. The lowest BCUT2D eigenvalue weighted by atomic mass is 10.1. The van der Waals surface area contributed by atoms with Gasteiger partial charge < -0.3 is 10.1 Å². The first kappa shape index (κ1) is 13.9. The monoisotopic (exact) mass is 296 g/mol. The van der Waals surface area contributed by atoms with Crippen LogP contribution in [0.5, 0.6) is 5.75 Å². The van der Waals surface area contributed by atoms with E-state index < -0.39 is 10.0 Å². The van der Waals surface area contributed by atoms with Crippen LogP contribution in [0.1, 0.15) is 18.4 Å². The zero-order chi connectivity index (χ0) is 14.0. The zero-order valence-electron chi connectivity index (χ0n) is 11.4. The second kappa shape index (κ2) is 5.71. The fourth-order valence-corrected chi connectivity index (χ4v) is 3.87. The molecular weight excluding hydrogens is 276 g/mol. The average Bonchev–Trinajstić information content (AvgIpc) is 3.08. The molecule has 0 aromatic heterocycles. The highest BCUT2D eigenvalue weighted by molar-refractivity contribution is 7.89. The van der Waals surface area contributed by atoms with Crippen molar-refractivity contribution in [1.29, 1.82) is 0 Å². The average molecular weight is 296 g/mol. The molecule has 0 amide bonds. The second-order valence-electron chi connectivity index (χ2n) is 5.41. The van der Waals surface area contributed by atoms with Gasteiger partial charge in [0.2, 0.25) is 10.0 Å². The molecule has 0 radical (unpaired) electrons. The van der Waals surface area contributed by atoms with Crippen LogP contribution in [0.3, 0.4) is 0 Å². The Morgan fingerprint density at radius 2 is 2.30 bits per heavy atom. The van der Waals surface area contributed by atoms with Crippen molar-refractivity contribution in [3.05, 3.63) is 23.8 Å². The molecule has 1 fully saturated rings. The molecule has 1 aromatic carbocycles. The van der Waals surface area contributed by atoms with Crippen LogP contribution in [0.15, 0.2) is 23.1 Å². The van der Waals surface area contributed by atoms with E-state index in [1.807, 2.05) is 0 Å². The van der Waals surface area contributed by atoms with Gasteiger partial charge in [0.15, 0.2) is 0 Å². The molecule has 2 aliphatic rings. The van der Waals surface area contributed by atoms with E-state index in [1.165, 1.54) is 0 Å². The van der Waals surface area contributed by atoms with E-state index in [0.717, 1.165) is 43.7 Å². The largest absolute Gasteiger partial charge is 0.493 e. The van der Waals surface area contributed by atoms with Gasteiger partial charge in [-0.2, -0.15) is 0 Å². The summed E-state index contributed by atoms with van der Waals surface area (Å²) in [7, 11) is -3.40. The lowest BCUT2D eigenvalue weighted by Crippen LogP contribution is -2.26. The van der Waals surface area contributed by atoms with Gasteiger partial charge in [-0.1, -0.05) is 0 Å². The molecule has 0 bridgehead atoms. The third-order valence-corrected chi connectivity index (χ3v) is 5.44. The smallest absolute Gasteiger partial charge is 0.240 e. The van der Waals surface area contributed by atoms with Gasteiger partial charge >= 0.3 is 0 Å². The molecule has 2 aliphatic heterocycles. The Balaban J connectivity index is 1.62. The van der Waals surface area contributed by atoms with Crippen LogP contribution in [-0.4, -0.2) is 34.7 Å². The Hall–Kier alpha value is -1.11. The summed E-state index contributed by atoms with van der Waals surface area (Å²) in [5.74, 6) is 1.40. The lowest BCUT2D eigenvalue weighted by Gasteiger charge is -2.10. The highest BCUT2D eigenvalue weighted by atomic mass is 32.2. The first-order valence-electron chi connectivity index (χ1n) is 7.11. The maximum Gasteiger partial charge on any atom is 0.240 e. The second-order valence-corrected chi connectivity index (χ2v) is 7.18. The van der Waals surface area contributed by atoms with Crippen LogP contribution in [0.2, 0.25) is 0 Å². The van der Waals surface area contributed by atoms with Gasteiger partial charge in [0, 0.05) is 13.0 Å². The Morgan fingerprint density at radius 3 is 3.10 bits per heavy atom. The van der Waals surface area contributed by atoms with Gasteiger partial charge in [0.05, 0.1) is 11.5 Å². The van der Waals surface area contributed by atoms with Gasteiger partial charge in [-0.3, -0.25) is 0 Å². The van der Waals surface area contributed by atoms with Gasteiger partial charge in [-0.25, -0.2) is 13.1 Å². The number of fused-ring (bicyclic) bond motifs is 1. The predicted octanol–water partition coefficient (Wildman–Crippen LogP) is 0.899. The minimum atomic E-state index is -3.40. The van der Waals surface area contributed by atoms with Crippen molar-refractivity contribution in [2.75, 3.05) is 26.2 Å². The SMILES string of the molecule is O=S(=O)(NCCC1CCNC1)c1ccc2c(c1)CCO2. The highest BCUT2D eigenvalue weighted by Crippen LogP contribution is 2.27. The highest BCUT2D eigenvalue weighted by Gasteiger charge is 2.20. The summed E-state index contributed by atoms with van der Waals surface area (Å²) in [6, 6.07) is 5.09. The molecule has 6 heteroatoms. The molecular formula is C14H20N2O3S. The standard InChI is InChI=1S/C14H20N2O3S/c17-20(18,16-7-4-11-3-6-15-10-11)13-1-2-14-12(9-13)5-8-19-14/h1-2,9,11,15-16H,3-8,10H2. The molecule has 1 unspecified atom stereocenters. The van der Waals surface area contributed by atoms with E-state index in [9.17, 15) is 8.42 Å². The van der Waals surface area contributed by atoms with Crippen LogP contribution in [0.25, 0.3) is 0 Å². The molecule has 0 spiro atoms. The summed E-state index contributed by atoms with van der Waals surface area (Å²) >= 11 is 0. The summed E-state index contributed by atoms with van der Waals surface area (Å²) in [5.41, 5.74) is 0.980. The number of benzene rings is 1. The van der Waals surface area contributed by atoms with Gasteiger partial charge in [0.1, 0.15) is 5.75 Å². The molecule has 1 aromatic rings. The van der Waals surface area contributed by atoms with E-state index in [-0.39, 0.29) is 0 Å². The van der Waals surface area contributed by atoms with Crippen LogP contribution in [-0.2, 0) is 16.4 Å². The van der Waals surface area contributed by atoms with E-state index >= 15 is 0 Å². The first-order chi connectivity index (χ1) is 9.65. The number of hydrogen-bond donors (Lipinski definition) is 2.